The summed E-state index contributed by atoms with van der Waals surface area (Å²) in [6.07, 6.45) is -0.478. The van der Waals surface area contributed by atoms with Crippen LogP contribution in [0.3, 0.4) is 0 Å². The summed E-state index contributed by atoms with van der Waals surface area (Å²) in [6, 6.07) is 11.4. The van der Waals surface area contributed by atoms with Gasteiger partial charge in [-0.15, -0.1) is 0 Å². The van der Waals surface area contributed by atoms with E-state index in [9.17, 15) is 29.1 Å². The van der Waals surface area contributed by atoms with Crippen molar-refractivity contribution in [2.45, 2.75) is 44.4 Å². The number of amides is 5. The predicted molar refractivity (Wildman–Crippen MR) is 164 cm³/mol. The summed E-state index contributed by atoms with van der Waals surface area (Å²) < 4.78 is 0. The van der Waals surface area contributed by atoms with Crippen molar-refractivity contribution in [2.75, 3.05) is 26.1 Å². The average molecular weight is 633 g/mol. The lowest BCUT2D eigenvalue weighted by Gasteiger charge is -2.22. The van der Waals surface area contributed by atoms with Crippen molar-refractivity contribution in [3.05, 3.63) is 59.1 Å². The molecule has 3 atom stereocenters. The molecule has 0 aromatic heterocycles. The Bertz CT molecular complexity index is 1260. The van der Waals surface area contributed by atoms with E-state index in [1.54, 1.807) is 36.4 Å². The van der Waals surface area contributed by atoms with Crippen LogP contribution in [0.15, 0.2) is 48.5 Å². The molecule has 0 fully saturated rings. The third kappa shape index (κ3) is 12.7. The zero-order valence-electron chi connectivity index (χ0n) is 24.2. The van der Waals surface area contributed by atoms with Gasteiger partial charge in [0.2, 0.25) is 23.6 Å². The second kappa shape index (κ2) is 18.6. The van der Waals surface area contributed by atoms with Crippen molar-refractivity contribution in [3.8, 4) is 11.1 Å². The highest BCUT2D eigenvalue weighted by molar-refractivity contribution is 6.41. The van der Waals surface area contributed by atoms with Gasteiger partial charge < -0.3 is 47.5 Å². The fraction of sp³-hybridized carbons (Fsp3) is 0.393. The zero-order valence-corrected chi connectivity index (χ0v) is 25.0. The smallest absolute Gasteiger partial charge is 0.426 e. The van der Waals surface area contributed by atoms with E-state index in [1.807, 2.05) is 12.1 Å². The Hall–Kier alpha value is -4.02. The first-order valence-corrected chi connectivity index (χ1v) is 14.3. The molecule has 16 heteroatoms. The number of rotatable bonds is 17. The first kappa shape index (κ1) is 36.2. The molecule has 0 spiro atoms. The second-order valence-corrected chi connectivity index (χ2v) is 10.3. The molecule has 0 aliphatic rings. The number of benzene rings is 2. The van der Waals surface area contributed by atoms with Crippen LogP contribution < -0.4 is 32.3 Å². The molecule has 0 radical (unpaired) electrons. The third-order valence-corrected chi connectivity index (χ3v) is 6.55. The molecular formula is C28H38BClN6O8. The van der Waals surface area contributed by atoms with E-state index < -0.39 is 74.4 Å². The molecule has 0 heterocycles. The van der Waals surface area contributed by atoms with Gasteiger partial charge in [-0.05, 0) is 68.1 Å². The SMILES string of the molecule is CC(O)C(NC(=O)CNC(=O)c1ccc(-c2ccc(Cl)cc2)cc1)C(=O)NCC(=O)NC(CCCCN)C(=O)NCB(O)O. The molecule has 2 aromatic carbocycles. The number of halogens is 1. The Morgan fingerprint density at radius 2 is 1.39 bits per heavy atom. The van der Waals surface area contributed by atoms with Gasteiger partial charge in [-0.25, -0.2) is 0 Å². The fourth-order valence-electron chi connectivity index (χ4n) is 3.95. The largest absolute Gasteiger partial charge is 0.472 e. The van der Waals surface area contributed by atoms with E-state index >= 15 is 0 Å². The monoisotopic (exact) mass is 632 g/mol. The molecule has 0 aliphatic carbocycles. The van der Waals surface area contributed by atoms with Crippen LogP contribution in [-0.2, 0) is 19.2 Å². The molecule has 3 unspecified atom stereocenters. The lowest BCUT2D eigenvalue weighted by Crippen LogP contribution is -2.56. The standard InChI is InChI=1S/C28H38BClN6O8/c1-17(37)25(28(42)33-14-23(38)35-22(4-2-3-13-31)27(41)34-16-29(43)44)36-24(39)15-32-26(40)20-7-5-18(6-8-20)19-9-11-21(30)12-10-19/h5-12,17,22,25,37,43-44H,2-4,13-16,31H2,1H3,(H,32,40)(H,33,42)(H,34,41)(H,35,38)(H,36,39). The van der Waals surface area contributed by atoms with Crippen molar-refractivity contribution in [2.24, 2.45) is 5.73 Å². The Labute approximate surface area is 260 Å². The van der Waals surface area contributed by atoms with Gasteiger partial charge in [-0.1, -0.05) is 35.9 Å². The molecule has 2 rings (SSSR count). The van der Waals surface area contributed by atoms with Crippen LogP contribution in [-0.4, -0.2) is 96.1 Å². The van der Waals surface area contributed by atoms with Crippen LogP contribution in [0, 0.1) is 0 Å². The Morgan fingerprint density at radius 3 is 1.95 bits per heavy atom. The number of aliphatic hydroxyl groups is 1. The van der Waals surface area contributed by atoms with Crippen molar-refractivity contribution in [3.63, 3.8) is 0 Å². The summed E-state index contributed by atoms with van der Waals surface area (Å²) in [5.41, 5.74) is 7.54. The van der Waals surface area contributed by atoms with E-state index in [0.717, 1.165) is 11.1 Å². The van der Waals surface area contributed by atoms with E-state index in [2.05, 4.69) is 26.6 Å². The van der Waals surface area contributed by atoms with Crippen LogP contribution in [0.1, 0.15) is 36.5 Å². The lowest BCUT2D eigenvalue weighted by atomic mass is 9.92. The van der Waals surface area contributed by atoms with E-state index in [1.165, 1.54) is 6.92 Å². The number of aliphatic hydroxyl groups excluding tert-OH is 1. The van der Waals surface area contributed by atoms with E-state index in [4.69, 9.17) is 27.4 Å². The fourth-order valence-corrected chi connectivity index (χ4v) is 4.07. The van der Waals surface area contributed by atoms with Crippen molar-refractivity contribution in [1.82, 2.24) is 26.6 Å². The highest BCUT2D eigenvalue weighted by Crippen LogP contribution is 2.21. The minimum Gasteiger partial charge on any atom is -0.426 e. The van der Waals surface area contributed by atoms with Gasteiger partial charge in [0.25, 0.3) is 5.91 Å². The highest BCUT2D eigenvalue weighted by atomic mass is 35.5. The minimum absolute atomic E-state index is 0.217. The van der Waals surface area contributed by atoms with Gasteiger partial charge in [0.1, 0.15) is 12.1 Å². The van der Waals surface area contributed by atoms with Crippen LogP contribution in [0.5, 0.6) is 0 Å². The van der Waals surface area contributed by atoms with Gasteiger partial charge in [-0.3, -0.25) is 24.0 Å². The van der Waals surface area contributed by atoms with Crippen molar-refractivity contribution >= 4 is 48.3 Å². The molecule has 2 aromatic rings. The first-order valence-electron chi connectivity index (χ1n) is 13.9. The van der Waals surface area contributed by atoms with E-state index in [0.29, 0.717) is 30.0 Å². The number of nitrogens with one attached hydrogen (secondary N) is 5. The molecule has 238 valence electrons. The third-order valence-electron chi connectivity index (χ3n) is 6.30. The van der Waals surface area contributed by atoms with Gasteiger partial charge >= 0.3 is 7.12 Å². The summed E-state index contributed by atoms with van der Waals surface area (Å²) in [4.78, 5) is 62.4. The number of carbonyl (C=O) groups is 5. The van der Waals surface area contributed by atoms with Gasteiger partial charge in [0, 0.05) is 10.6 Å². The van der Waals surface area contributed by atoms with Gasteiger partial charge in [0.05, 0.1) is 25.6 Å². The van der Waals surface area contributed by atoms with Crippen LogP contribution in [0.25, 0.3) is 11.1 Å². The molecule has 14 nitrogen and oxygen atoms in total. The molecule has 0 aliphatic heterocycles. The van der Waals surface area contributed by atoms with Crippen LogP contribution >= 0.6 is 11.6 Å². The average Bonchev–Trinajstić information content (AvgIpc) is 3.00. The normalized spacial score (nSPS) is 12.7. The molecule has 0 bridgehead atoms. The summed E-state index contributed by atoms with van der Waals surface area (Å²) in [5, 5.41) is 40.4. The molecular weight excluding hydrogens is 595 g/mol. The summed E-state index contributed by atoms with van der Waals surface area (Å²) in [7, 11) is -1.77. The Balaban J connectivity index is 1.86. The molecule has 10 N–H and O–H groups in total. The van der Waals surface area contributed by atoms with Crippen molar-refractivity contribution in [1.29, 1.82) is 0 Å². The number of unbranched alkanes of at least 4 members (excludes halogenated alkanes) is 1. The van der Waals surface area contributed by atoms with Gasteiger partial charge in [0.15, 0.2) is 0 Å². The number of hydrogen-bond donors (Lipinski definition) is 9. The quantitative estimate of drug-likeness (QED) is 0.0725. The topological polar surface area (TPSA) is 232 Å². The summed E-state index contributed by atoms with van der Waals surface area (Å²) in [5.74, 6) is -3.55. The van der Waals surface area contributed by atoms with Gasteiger partial charge in [-0.2, -0.15) is 0 Å². The van der Waals surface area contributed by atoms with E-state index in [-0.39, 0.29) is 6.42 Å². The number of hydrogen-bond acceptors (Lipinski definition) is 9. The number of carbonyl (C=O) groups excluding carboxylic acids is 5. The maximum atomic E-state index is 12.7. The molecule has 44 heavy (non-hydrogen) atoms. The first-order chi connectivity index (χ1) is 20.9. The van der Waals surface area contributed by atoms with Crippen LogP contribution in [0.2, 0.25) is 5.02 Å². The summed E-state index contributed by atoms with van der Waals surface area (Å²) in [6.45, 7) is 0.571. The van der Waals surface area contributed by atoms with Crippen molar-refractivity contribution < 1.29 is 39.1 Å². The highest BCUT2D eigenvalue weighted by Gasteiger charge is 2.27. The predicted octanol–water partition coefficient (Wildman–Crippen LogP) is -1.54. The lowest BCUT2D eigenvalue weighted by molar-refractivity contribution is -0.133. The molecule has 0 saturated carbocycles. The second-order valence-electron chi connectivity index (χ2n) is 9.90. The van der Waals surface area contributed by atoms with Crippen LogP contribution in [0.4, 0.5) is 0 Å². The minimum atomic E-state index is -1.77. The Morgan fingerprint density at radius 1 is 0.818 bits per heavy atom. The maximum absolute atomic E-state index is 12.7. The maximum Gasteiger partial charge on any atom is 0.472 e. The Kier molecular flexibility index (Phi) is 15.3. The molecule has 5 amide bonds. The summed E-state index contributed by atoms with van der Waals surface area (Å²) >= 11 is 5.92. The number of nitrogens with two attached hydrogens (primary N) is 1. The zero-order chi connectivity index (χ0) is 32.6. The molecule has 0 saturated heterocycles.